The lowest BCUT2D eigenvalue weighted by Crippen LogP contribution is -2.56. The highest BCUT2D eigenvalue weighted by atomic mass is 32.2. The van der Waals surface area contributed by atoms with Gasteiger partial charge in [-0.15, -0.1) is 0 Å². The second kappa shape index (κ2) is 15.1. The van der Waals surface area contributed by atoms with Crippen molar-refractivity contribution in [2.45, 2.75) is 103 Å². The smallest absolute Gasteiger partial charge is 0.408 e. The Balaban J connectivity index is 2.89. The van der Waals surface area contributed by atoms with E-state index >= 15 is 0 Å². The van der Waals surface area contributed by atoms with Gasteiger partial charge in [0.2, 0.25) is 11.8 Å². The molecule has 9 heteroatoms. The van der Waals surface area contributed by atoms with Gasteiger partial charge in [0.1, 0.15) is 17.7 Å². The first kappa shape index (κ1) is 31.8. The number of benzene rings is 1. The summed E-state index contributed by atoms with van der Waals surface area (Å²) in [4.78, 5) is 38.5. The van der Waals surface area contributed by atoms with E-state index in [0.29, 0.717) is 17.4 Å². The van der Waals surface area contributed by atoms with Crippen LogP contribution in [0.2, 0.25) is 0 Å². The molecule has 1 aromatic rings. The predicted octanol–water partition coefficient (Wildman–Crippen LogP) is 3.66. The Labute approximate surface area is 220 Å². The molecule has 0 spiro atoms. The summed E-state index contributed by atoms with van der Waals surface area (Å²) in [5.74, 6) is -0.108. The van der Waals surface area contributed by atoms with E-state index in [1.54, 1.807) is 39.5 Å². The molecule has 0 unspecified atom stereocenters. The second-order valence-electron chi connectivity index (χ2n) is 10.8. The lowest BCUT2D eigenvalue weighted by molar-refractivity contribution is -0.130. The first-order valence-corrected chi connectivity index (χ1v) is 13.7. The van der Waals surface area contributed by atoms with Gasteiger partial charge in [-0.3, -0.25) is 9.59 Å². The maximum absolute atomic E-state index is 13.1. The number of aliphatic hydroxyl groups is 1. The van der Waals surface area contributed by atoms with Crippen LogP contribution in [0.4, 0.5) is 4.79 Å². The molecule has 0 radical (unpaired) electrons. The predicted molar refractivity (Wildman–Crippen MR) is 146 cm³/mol. The second-order valence-corrected chi connectivity index (χ2v) is 12.4. The van der Waals surface area contributed by atoms with Crippen molar-refractivity contribution in [3.8, 4) is 0 Å². The van der Waals surface area contributed by atoms with Crippen molar-refractivity contribution >= 4 is 29.7 Å². The zero-order valence-corrected chi connectivity index (χ0v) is 23.8. The summed E-state index contributed by atoms with van der Waals surface area (Å²) in [7, 11) is 0. The van der Waals surface area contributed by atoms with E-state index in [2.05, 4.69) is 29.8 Å². The van der Waals surface area contributed by atoms with Gasteiger partial charge in [0.05, 0.1) is 12.1 Å². The van der Waals surface area contributed by atoms with Crippen molar-refractivity contribution < 1.29 is 24.2 Å². The number of carbonyl (C=O) groups excluding carboxylic acids is 3. The summed E-state index contributed by atoms with van der Waals surface area (Å²) >= 11 is 1.63. The number of alkyl carbamates (subject to hydrolysis) is 1. The Bertz CT molecular complexity index is 826. The number of amides is 3. The van der Waals surface area contributed by atoms with Crippen molar-refractivity contribution in [1.82, 2.24) is 16.0 Å². The highest BCUT2D eigenvalue weighted by Gasteiger charge is 2.29. The van der Waals surface area contributed by atoms with Crippen LogP contribution in [-0.2, 0) is 20.7 Å². The Hall–Kier alpha value is -2.26. The zero-order chi connectivity index (χ0) is 27.5. The minimum atomic E-state index is -0.933. The molecule has 36 heavy (non-hydrogen) atoms. The number of aliphatic hydroxyl groups excluding tert-OH is 1. The van der Waals surface area contributed by atoms with E-state index in [1.807, 2.05) is 44.2 Å². The Morgan fingerprint density at radius 2 is 1.56 bits per heavy atom. The molecule has 0 saturated heterocycles. The summed E-state index contributed by atoms with van der Waals surface area (Å²) in [6.07, 6.45) is -0.561. The molecule has 0 saturated carbocycles. The zero-order valence-electron chi connectivity index (χ0n) is 23.0. The molecular weight excluding hydrogens is 478 g/mol. The number of hydrogen-bond donors (Lipinski definition) is 4. The summed E-state index contributed by atoms with van der Waals surface area (Å²) < 4.78 is 5.33. The van der Waals surface area contributed by atoms with Crippen LogP contribution in [0, 0.1) is 5.92 Å². The van der Waals surface area contributed by atoms with Crippen LogP contribution in [0.15, 0.2) is 30.3 Å². The molecule has 8 nitrogen and oxygen atoms in total. The van der Waals surface area contributed by atoms with Crippen molar-refractivity contribution in [2.24, 2.45) is 5.92 Å². The van der Waals surface area contributed by atoms with Crippen LogP contribution in [0.3, 0.4) is 0 Å². The number of ether oxygens (including phenoxy) is 1. The third-order valence-electron chi connectivity index (χ3n) is 5.16. The molecule has 4 N–H and O–H groups in total. The lowest BCUT2D eigenvalue weighted by Gasteiger charge is -2.28. The maximum atomic E-state index is 13.1. The number of nitrogens with one attached hydrogen (secondary N) is 3. The van der Waals surface area contributed by atoms with Crippen LogP contribution in [0.5, 0.6) is 0 Å². The highest BCUT2D eigenvalue weighted by molar-refractivity contribution is 7.99. The molecule has 0 aromatic heterocycles. The van der Waals surface area contributed by atoms with Gasteiger partial charge in [0.15, 0.2) is 0 Å². The van der Waals surface area contributed by atoms with E-state index in [-0.39, 0.29) is 12.3 Å². The fraction of sp³-hybridized carbons (Fsp3) is 0.667. The number of thioether (sulfide) groups is 1. The molecule has 0 bridgehead atoms. The average molecular weight is 524 g/mol. The van der Waals surface area contributed by atoms with Crippen molar-refractivity contribution in [3.05, 3.63) is 35.9 Å². The molecule has 3 amide bonds. The topological polar surface area (TPSA) is 117 Å². The third-order valence-corrected chi connectivity index (χ3v) is 6.36. The lowest BCUT2D eigenvalue weighted by atomic mass is 9.99. The number of hydrogen-bond acceptors (Lipinski definition) is 6. The Morgan fingerprint density at radius 3 is 2.08 bits per heavy atom. The Morgan fingerprint density at radius 1 is 0.944 bits per heavy atom. The van der Waals surface area contributed by atoms with Gasteiger partial charge < -0.3 is 25.8 Å². The van der Waals surface area contributed by atoms with Gasteiger partial charge in [-0.1, -0.05) is 58.0 Å². The standard InChI is InChI=1S/C27H45N3O5S/c1-17(2)14-21(23(31)16-36-18(3)4)29-24(32)19(5)28-25(33)22(15-20-12-10-9-11-13-20)30-26(34)35-27(6,7)8/h9-13,17-19,21-23,31H,14-16H2,1-8H3,(H,28,33)(H,29,32)(H,30,34)/t19-,21-,22-,23-/m0/s1. The summed E-state index contributed by atoms with van der Waals surface area (Å²) in [6, 6.07) is 7.07. The van der Waals surface area contributed by atoms with E-state index in [0.717, 1.165) is 5.56 Å². The largest absolute Gasteiger partial charge is 0.444 e. The first-order chi connectivity index (χ1) is 16.7. The monoisotopic (exact) mass is 523 g/mol. The third kappa shape index (κ3) is 13.2. The summed E-state index contributed by atoms with van der Waals surface area (Å²) in [5, 5.41) is 19.3. The molecule has 204 valence electrons. The van der Waals surface area contributed by atoms with Gasteiger partial charge in [0.25, 0.3) is 0 Å². The fourth-order valence-corrected chi connectivity index (χ4v) is 4.24. The van der Waals surface area contributed by atoms with Gasteiger partial charge >= 0.3 is 6.09 Å². The first-order valence-electron chi connectivity index (χ1n) is 12.6. The quantitative estimate of drug-likeness (QED) is 0.314. The normalized spacial score (nSPS) is 15.1. The minimum Gasteiger partial charge on any atom is -0.444 e. The molecular formula is C27H45N3O5S. The molecule has 1 rings (SSSR count). The molecule has 4 atom stereocenters. The maximum Gasteiger partial charge on any atom is 0.408 e. The van der Waals surface area contributed by atoms with Crippen LogP contribution >= 0.6 is 11.8 Å². The van der Waals surface area contributed by atoms with Crippen molar-refractivity contribution in [2.75, 3.05) is 5.75 Å². The highest BCUT2D eigenvalue weighted by Crippen LogP contribution is 2.16. The van der Waals surface area contributed by atoms with E-state index in [9.17, 15) is 19.5 Å². The number of carbonyl (C=O) groups is 3. The van der Waals surface area contributed by atoms with E-state index < -0.39 is 47.7 Å². The van der Waals surface area contributed by atoms with Crippen molar-refractivity contribution in [1.29, 1.82) is 0 Å². The summed E-state index contributed by atoms with van der Waals surface area (Å²) in [6.45, 7) is 15.0. The molecule has 0 aliphatic carbocycles. The van der Waals surface area contributed by atoms with Crippen LogP contribution in [-0.4, -0.2) is 63.8 Å². The van der Waals surface area contributed by atoms with Gasteiger partial charge in [0, 0.05) is 12.2 Å². The minimum absolute atomic E-state index is 0.237. The Kier molecular flexibility index (Phi) is 13.3. The van der Waals surface area contributed by atoms with Gasteiger partial charge in [-0.2, -0.15) is 11.8 Å². The van der Waals surface area contributed by atoms with Crippen LogP contribution in [0.25, 0.3) is 0 Å². The average Bonchev–Trinajstić information content (AvgIpc) is 2.75. The molecule has 0 aliphatic rings. The van der Waals surface area contributed by atoms with Gasteiger partial charge in [-0.05, 0) is 50.8 Å². The van der Waals surface area contributed by atoms with E-state index in [1.165, 1.54) is 0 Å². The van der Waals surface area contributed by atoms with Crippen LogP contribution < -0.4 is 16.0 Å². The molecule has 0 aliphatic heterocycles. The molecule has 0 fully saturated rings. The van der Waals surface area contributed by atoms with E-state index in [4.69, 9.17) is 4.74 Å². The molecule has 1 aromatic carbocycles. The van der Waals surface area contributed by atoms with Crippen molar-refractivity contribution in [3.63, 3.8) is 0 Å². The summed E-state index contributed by atoms with van der Waals surface area (Å²) in [5.41, 5.74) is 0.138. The molecule has 0 heterocycles. The van der Waals surface area contributed by atoms with Crippen LogP contribution in [0.1, 0.15) is 67.4 Å². The van der Waals surface area contributed by atoms with Gasteiger partial charge in [-0.25, -0.2) is 4.79 Å². The fourth-order valence-electron chi connectivity index (χ4n) is 3.42. The SMILES string of the molecule is CC(C)C[C@H](NC(=O)[C@H](C)NC(=O)[C@H](Cc1ccccc1)NC(=O)OC(C)(C)C)[C@@H](O)CSC(C)C. The number of rotatable bonds is 13.